The summed E-state index contributed by atoms with van der Waals surface area (Å²) >= 11 is 0. The number of nitrogens with one attached hydrogen (secondary N) is 2. The van der Waals surface area contributed by atoms with Crippen molar-refractivity contribution in [2.45, 2.75) is 6.92 Å². The quantitative estimate of drug-likeness (QED) is 0.849. The molecule has 2 rings (SSSR count). The Labute approximate surface area is 112 Å². The monoisotopic (exact) mass is 281 g/mol. The third-order valence-electron chi connectivity index (χ3n) is 2.38. The van der Waals surface area contributed by atoms with E-state index < -0.39 is 17.5 Å². The molecule has 20 heavy (non-hydrogen) atoms. The molecule has 4 nitrogen and oxygen atoms in total. The fourth-order valence-electron chi connectivity index (χ4n) is 1.50. The number of hydrogen-bond donors (Lipinski definition) is 2. The first kappa shape index (κ1) is 13.9. The summed E-state index contributed by atoms with van der Waals surface area (Å²) in [6.07, 6.45) is 1.33. The van der Waals surface area contributed by atoms with Crippen LogP contribution >= 0.6 is 0 Å². The second-order valence-corrected chi connectivity index (χ2v) is 3.96. The van der Waals surface area contributed by atoms with Crippen LogP contribution in [0.3, 0.4) is 0 Å². The molecule has 0 bridgehead atoms. The maximum atomic E-state index is 13.4. The van der Waals surface area contributed by atoms with E-state index in [1.54, 1.807) is 0 Å². The maximum absolute atomic E-state index is 13.4. The first-order valence-electron chi connectivity index (χ1n) is 5.61. The van der Waals surface area contributed by atoms with Crippen LogP contribution in [0.15, 0.2) is 30.5 Å². The summed E-state index contributed by atoms with van der Waals surface area (Å²) in [6.45, 7) is 1.34. The highest BCUT2D eigenvalue weighted by Gasteiger charge is 2.13. The van der Waals surface area contributed by atoms with Crippen molar-refractivity contribution < 1.29 is 18.0 Å². The molecule has 2 aromatic rings. The Balaban J connectivity index is 2.18. The normalized spacial score (nSPS) is 10.2. The van der Waals surface area contributed by atoms with Gasteiger partial charge in [-0.2, -0.15) is 0 Å². The van der Waals surface area contributed by atoms with Crippen molar-refractivity contribution in [1.29, 1.82) is 0 Å². The van der Waals surface area contributed by atoms with Gasteiger partial charge in [-0.1, -0.05) is 0 Å². The minimum atomic E-state index is -1.54. The summed E-state index contributed by atoms with van der Waals surface area (Å²) in [5.41, 5.74) is 0.155. The molecule has 0 spiro atoms. The number of pyridine rings is 1. The van der Waals surface area contributed by atoms with Crippen LogP contribution in [0.4, 0.5) is 30.4 Å². The van der Waals surface area contributed by atoms with E-state index in [4.69, 9.17) is 0 Å². The molecular formula is C13H10F3N3O. The molecule has 0 aliphatic rings. The summed E-state index contributed by atoms with van der Waals surface area (Å²) in [6, 6.07) is 4.90. The Hall–Kier alpha value is -2.57. The predicted molar refractivity (Wildman–Crippen MR) is 68.1 cm³/mol. The molecule has 104 valence electrons. The molecule has 2 N–H and O–H groups in total. The first-order valence-corrected chi connectivity index (χ1v) is 5.61. The third-order valence-corrected chi connectivity index (χ3v) is 2.38. The summed E-state index contributed by atoms with van der Waals surface area (Å²) in [5, 5.41) is 5.03. The van der Waals surface area contributed by atoms with Crippen molar-refractivity contribution in [3.8, 4) is 0 Å². The molecule has 0 saturated heterocycles. The van der Waals surface area contributed by atoms with Crippen LogP contribution in [0.1, 0.15) is 6.92 Å². The van der Waals surface area contributed by atoms with E-state index in [-0.39, 0.29) is 11.6 Å². The van der Waals surface area contributed by atoms with Gasteiger partial charge in [0.2, 0.25) is 5.91 Å². The Bertz CT molecular complexity index is 644. The lowest BCUT2D eigenvalue weighted by atomic mass is 10.2. The summed E-state index contributed by atoms with van der Waals surface area (Å²) in [4.78, 5) is 14.7. The number of benzene rings is 1. The molecule has 0 radical (unpaired) electrons. The molecule has 0 unspecified atom stereocenters. The molecule has 0 aliphatic carbocycles. The van der Waals surface area contributed by atoms with Crippen LogP contribution in [0.5, 0.6) is 0 Å². The van der Waals surface area contributed by atoms with Gasteiger partial charge in [-0.3, -0.25) is 4.79 Å². The minimum absolute atomic E-state index is 0.210. The van der Waals surface area contributed by atoms with E-state index in [1.165, 1.54) is 25.3 Å². The van der Waals surface area contributed by atoms with Gasteiger partial charge < -0.3 is 10.6 Å². The molecule has 1 heterocycles. The highest BCUT2D eigenvalue weighted by atomic mass is 19.2. The zero-order valence-corrected chi connectivity index (χ0v) is 10.4. The third kappa shape index (κ3) is 3.05. The van der Waals surface area contributed by atoms with E-state index in [0.29, 0.717) is 11.5 Å². The molecule has 7 heteroatoms. The Kier molecular flexibility index (Phi) is 3.88. The van der Waals surface area contributed by atoms with E-state index in [2.05, 4.69) is 15.6 Å². The highest BCUT2D eigenvalue weighted by molar-refractivity contribution is 5.87. The molecule has 1 amide bonds. The largest absolute Gasteiger partial charge is 0.352 e. The summed E-state index contributed by atoms with van der Waals surface area (Å²) < 4.78 is 39.3. The van der Waals surface area contributed by atoms with Gasteiger partial charge in [-0.15, -0.1) is 0 Å². The minimum Gasteiger partial charge on any atom is -0.352 e. The second kappa shape index (κ2) is 5.60. The predicted octanol–water partition coefficient (Wildman–Crippen LogP) is 3.20. The van der Waals surface area contributed by atoms with Gasteiger partial charge in [0.15, 0.2) is 17.5 Å². The van der Waals surface area contributed by atoms with Gasteiger partial charge in [0.25, 0.3) is 0 Å². The molecule has 1 aromatic heterocycles. The fourth-order valence-corrected chi connectivity index (χ4v) is 1.50. The molecular weight excluding hydrogens is 271 g/mol. The average molecular weight is 281 g/mol. The average Bonchev–Trinajstić information content (AvgIpc) is 2.41. The van der Waals surface area contributed by atoms with Crippen molar-refractivity contribution >= 4 is 23.1 Å². The lowest BCUT2D eigenvalue weighted by Crippen LogP contribution is -2.07. The van der Waals surface area contributed by atoms with Crippen LogP contribution in [-0.4, -0.2) is 10.9 Å². The van der Waals surface area contributed by atoms with Gasteiger partial charge >= 0.3 is 0 Å². The molecule has 1 aromatic carbocycles. The van der Waals surface area contributed by atoms with Crippen LogP contribution in [-0.2, 0) is 4.79 Å². The SMILES string of the molecule is CC(=O)Nc1ccc(Nc2ccc(F)c(F)c2F)cn1. The zero-order chi connectivity index (χ0) is 14.7. The Morgan fingerprint density at radius 1 is 1.10 bits per heavy atom. The van der Waals surface area contributed by atoms with Crippen molar-refractivity contribution in [1.82, 2.24) is 4.98 Å². The number of rotatable bonds is 3. The Morgan fingerprint density at radius 2 is 1.85 bits per heavy atom. The molecule has 0 aliphatic heterocycles. The number of carbonyl (C=O) groups excluding carboxylic acids is 1. The van der Waals surface area contributed by atoms with Gasteiger partial charge in [0.1, 0.15) is 5.82 Å². The Morgan fingerprint density at radius 3 is 2.45 bits per heavy atom. The number of aromatic nitrogens is 1. The fraction of sp³-hybridized carbons (Fsp3) is 0.0769. The van der Waals surface area contributed by atoms with Crippen molar-refractivity contribution in [3.63, 3.8) is 0 Å². The number of halogens is 3. The summed E-state index contributed by atoms with van der Waals surface area (Å²) in [7, 11) is 0. The topological polar surface area (TPSA) is 54.0 Å². The lowest BCUT2D eigenvalue weighted by molar-refractivity contribution is -0.114. The van der Waals surface area contributed by atoms with Crippen molar-refractivity contribution in [2.75, 3.05) is 10.6 Å². The van der Waals surface area contributed by atoms with Crippen LogP contribution in [0, 0.1) is 17.5 Å². The number of nitrogens with zero attached hydrogens (tertiary/aromatic N) is 1. The number of anilines is 3. The number of carbonyl (C=O) groups is 1. The first-order chi connectivity index (χ1) is 9.47. The molecule has 0 atom stereocenters. The van der Waals surface area contributed by atoms with Crippen LogP contribution in [0.2, 0.25) is 0 Å². The number of hydrogen-bond acceptors (Lipinski definition) is 3. The van der Waals surface area contributed by atoms with Gasteiger partial charge in [-0.25, -0.2) is 18.2 Å². The van der Waals surface area contributed by atoms with Crippen molar-refractivity contribution in [3.05, 3.63) is 47.9 Å². The van der Waals surface area contributed by atoms with Gasteiger partial charge in [-0.05, 0) is 24.3 Å². The standard InChI is InChI=1S/C13H10F3N3O/c1-7(20)18-11-5-2-8(6-17-11)19-10-4-3-9(14)12(15)13(10)16/h2-6,19H,1H3,(H,17,18,20). The lowest BCUT2D eigenvalue weighted by Gasteiger charge is -2.09. The van der Waals surface area contributed by atoms with Gasteiger partial charge in [0.05, 0.1) is 17.6 Å². The molecule has 0 saturated carbocycles. The summed E-state index contributed by atoms with van der Waals surface area (Å²) in [5.74, 6) is -4.06. The van der Waals surface area contributed by atoms with Crippen LogP contribution < -0.4 is 10.6 Å². The van der Waals surface area contributed by atoms with E-state index in [0.717, 1.165) is 12.1 Å². The number of amides is 1. The zero-order valence-electron chi connectivity index (χ0n) is 10.4. The smallest absolute Gasteiger partial charge is 0.222 e. The second-order valence-electron chi connectivity index (χ2n) is 3.96. The maximum Gasteiger partial charge on any atom is 0.222 e. The molecule has 0 fully saturated rings. The highest BCUT2D eigenvalue weighted by Crippen LogP contribution is 2.23. The van der Waals surface area contributed by atoms with Crippen LogP contribution in [0.25, 0.3) is 0 Å². The van der Waals surface area contributed by atoms with E-state index in [1.807, 2.05) is 0 Å². The van der Waals surface area contributed by atoms with E-state index >= 15 is 0 Å². The van der Waals surface area contributed by atoms with E-state index in [9.17, 15) is 18.0 Å². The van der Waals surface area contributed by atoms with Crippen molar-refractivity contribution in [2.24, 2.45) is 0 Å². The van der Waals surface area contributed by atoms with Gasteiger partial charge in [0, 0.05) is 6.92 Å².